The third-order valence-electron chi connectivity index (χ3n) is 2.74. The second-order valence-electron chi connectivity index (χ2n) is 4.33. The predicted octanol–water partition coefficient (Wildman–Crippen LogP) is 0.657. The Morgan fingerprint density at radius 2 is 2.22 bits per heavy atom. The Labute approximate surface area is 107 Å². The number of likely N-dealkylation sites (N-methyl/N-ethyl adjacent to an activating group) is 1. The van der Waals surface area contributed by atoms with Crippen molar-refractivity contribution in [2.45, 2.75) is 13.0 Å². The summed E-state index contributed by atoms with van der Waals surface area (Å²) in [4.78, 5) is 13.6. The molecule has 5 nitrogen and oxygen atoms in total. The van der Waals surface area contributed by atoms with Crippen LogP contribution in [0.15, 0.2) is 18.2 Å². The molecule has 0 aliphatic rings. The highest BCUT2D eigenvalue weighted by Gasteiger charge is 2.17. The molecule has 0 heterocycles. The summed E-state index contributed by atoms with van der Waals surface area (Å²) < 4.78 is 4.82. The molecular weight excluding hydrogens is 232 g/mol. The average molecular weight is 252 g/mol. The fourth-order valence-corrected chi connectivity index (χ4v) is 1.72. The number of aryl methyl sites for hydroxylation is 1. The molecule has 0 saturated heterocycles. The first kappa shape index (κ1) is 14.5. The van der Waals surface area contributed by atoms with E-state index in [-0.39, 0.29) is 19.1 Å². The standard InChI is InChI=1S/C13H20N2O3/c1-9-5-4-6-11(12(9)14)13(17)15(2)7-10(16)8-18-3/h4-6,10,16H,7-8,14H2,1-3H3. The van der Waals surface area contributed by atoms with Crippen molar-refractivity contribution in [1.82, 2.24) is 4.90 Å². The highest BCUT2D eigenvalue weighted by Crippen LogP contribution is 2.18. The van der Waals surface area contributed by atoms with Crippen LogP contribution in [0, 0.1) is 6.92 Å². The quantitative estimate of drug-likeness (QED) is 0.755. The van der Waals surface area contributed by atoms with Crippen LogP contribution in [0.4, 0.5) is 5.69 Å². The fourth-order valence-electron chi connectivity index (χ4n) is 1.72. The zero-order valence-electron chi connectivity index (χ0n) is 11.0. The van der Waals surface area contributed by atoms with Gasteiger partial charge >= 0.3 is 0 Å². The highest BCUT2D eigenvalue weighted by molar-refractivity contribution is 5.99. The average Bonchev–Trinajstić information content (AvgIpc) is 2.32. The smallest absolute Gasteiger partial charge is 0.255 e. The van der Waals surface area contributed by atoms with E-state index in [1.807, 2.05) is 13.0 Å². The number of benzene rings is 1. The van der Waals surface area contributed by atoms with Crippen LogP contribution in [0.5, 0.6) is 0 Å². The van der Waals surface area contributed by atoms with Crippen molar-refractivity contribution < 1.29 is 14.6 Å². The van der Waals surface area contributed by atoms with E-state index >= 15 is 0 Å². The summed E-state index contributed by atoms with van der Waals surface area (Å²) in [6.07, 6.45) is -0.699. The number of para-hydroxylation sites is 1. The Hall–Kier alpha value is -1.59. The maximum absolute atomic E-state index is 12.2. The summed E-state index contributed by atoms with van der Waals surface area (Å²) in [6.45, 7) is 2.26. The van der Waals surface area contributed by atoms with Crippen LogP contribution in [0.3, 0.4) is 0 Å². The molecule has 3 N–H and O–H groups in total. The number of anilines is 1. The first-order valence-electron chi connectivity index (χ1n) is 5.75. The van der Waals surface area contributed by atoms with E-state index in [1.165, 1.54) is 12.0 Å². The van der Waals surface area contributed by atoms with Gasteiger partial charge in [0.1, 0.15) is 0 Å². The summed E-state index contributed by atoms with van der Waals surface area (Å²) in [5.41, 5.74) is 7.69. The lowest BCUT2D eigenvalue weighted by atomic mass is 10.1. The number of amides is 1. The summed E-state index contributed by atoms with van der Waals surface area (Å²) in [6, 6.07) is 5.33. The molecule has 1 unspecified atom stereocenters. The molecule has 0 saturated carbocycles. The molecule has 0 spiro atoms. The molecule has 0 radical (unpaired) electrons. The molecule has 1 amide bonds. The molecule has 5 heteroatoms. The van der Waals surface area contributed by atoms with Crippen LogP contribution in [0.25, 0.3) is 0 Å². The molecule has 0 aliphatic heterocycles. The minimum Gasteiger partial charge on any atom is -0.398 e. The van der Waals surface area contributed by atoms with Crippen LogP contribution in [0.1, 0.15) is 15.9 Å². The SMILES string of the molecule is COCC(O)CN(C)C(=O)c1cccc(C)c1N. The number of nitrogens with two attached hydrogens (primary N) is 1. The van der Waals surface area contributed by atoms with Crippen molar-refractivity contribution in [1.29, 1.82) is 0 Å². The Morgan fingerprint density at radius 1 is 1.56 bits per heavy atom. The minimum absolute atomic E-state index is 0.195. The largest absolute Gasteiger partial charge is 0.398 e. The Balaban J connectivity index is 2.77. The lowest BCUT2D eigenvalue weighted by molar-refractivity contribution is 0.0380. The third-order valence-corrected chi connectivity index (χ3v) is 2.74. The molecule has 1 aromatic rings. The van der Waals surface area contributed by atoms with E-state index in [9.17, 15) is 9.90 Å². The molecular formula is C13H20N2O3. The topological polar surface area (TPSA) is 75.8 Å². The summed E-state index contributed by atoms with van der Waals surface area (Å²) in [7, 11) is 3.13. The van der Waals surface area contributed by atoms with Gasteiger partial charge in [-0.15, -0.1) is 0 Å². The van der Waals surface area contributed by atoms with Crippen molar-refractivity contribution in [3.05, 3.63) is 29.3 Å². The molecule has 18 heavy (non-hydrogen) atoms. The van der Waals surface area contributed by atoms with Gasteiger partial charge in [-0.05, 0) is 18.6 Å². The molecule has 0 fully saturated rings. The van der Waals surface area contributed by atoms with Gasteiger partial charge in [-0.3, -0.25) is 4.79 Å². The van der Waals surface area contributed by atoms with Crippen LogP contribution >= 0.6 is 0 Å². The second kappa shape index (κ2) is 6.37. The van der Waals surface area contributed by atoms with Crippen molar-refractivity contribution in [3.63, 3.8) is 0 Å². The van der Waals surface area contributed by atoms with E-state index in [1.54, 1.807) is 19.2 Å². The molecule has 1 aromatic carbocycles. The number of nitrogen functional groups attached to an aromatic ring is 1. The Morgan fingerprint density at radius 3 is 2.83 bits per heavy atom. The lowest BCUT2D eigenvalue weighted by Crippen LogP contribution is -2.36. The second-order valence-corrected chi connectivity index (χ2v) is 4.33. The van der Waals surface area contributed by atoms with Crippen molar-refractivity contribution >= 4 is 11.6 Å². The predicted molar refractivity (Wildman–Crippen MR) is 70.4 cm³/mol. The number of ether oxygens (including phenoxy) is 1. The Kier molecular flexibility index (Phi) is 5.12. The first-order valence-corrected chi connectivity index (χ1v) is 5.75. The maximum atomic E-state index is 12.2. The zero-order valence-corrected chi connectivity index (χ0v) is 11.0. The first-order chi connectivity index (χ1) is 8.47. The van der Waals surface area contributed by atoms with E-state index in [0.29, 0.717) is 11.3 Å². The highest BCUT2D eigenvalue weighted by atomic mass is 16.5. The number of nitrogens with zero attached hydrogens (tertiary/aromatic N) is 1. The van der Waals surface area contributed by atoms with E-state index in [0.717, 1.165) is 5.56 Å². The van der Waals surface area contributed by atoms with E-state index < -0.39 is 6.10 Å². The van der Waals surface area contributed by atoms with Crippen LogP contribution < -0.4 is 5.73 Å². The van der Waals surface area contributed by atoms with Crippen LogP contribution in [-0.4, -0.2) is 49.3 Å². The van der Waals surface area contributed by atoms with Gasteiger partial charge in [-0.1, -0.05) is 12.1 Å². The van der Waals surface area contributed by atoms with Crippen molar-refractivity contribution in [3.8, 4) is 0 Å². The molecule has 0 aromatic heterocycles. The van der Waals surface area contributed by atoms with Gasteiger partial charge in [0.2, 0.25) is 0 Å². The number of hydrogen-bond donors (Lipinski definition) is 2. The van der Waals surface area contributed by atoms with Gasteiger partial charge in [0, 0.05) is 26.4 Å². The summed E-state index contributed by atoms with van der Waals surface area (Å²) in [5, 5.41) is 9.59. The third kappa shape index (κ3) is 3.45. The van der Waals surface area contributed by atoms with Crippen LogP contribution in [0.2, 0.25) is 0 Å². The number of hydrogen-bond acceptors (Lipinski definition) is 4. The lowest BCUT2D eigenvalue weighted by Gasteiger charge is -2.21. The summed E-state index contributed by atoms with van der Waals surface area (Å²) >= 11 is 0. The molecule has 1 atom stereocenters. The summed E-state index contributed by atoms with van der Waals surface area (Å²) in [5.74, 6) is -0.202. The number of aliphatic hydroxyl groups excluding tert-OH is 1. The monoisotopic (exact) mass is 252 g/mol. The zero-order chi connectivity index (χ0) is 13.7. The minimum atomic E-state index is -0.699. The normalized spacial score (nSPS) is 12.2. The number of aliphatic hydroxyl groups is 1. The molecule has 1 rings (SSSR count). The van der Waals surface area contributed by atoms with Gasteiger partial charge in [-0.25, -0.2) is 0 Å². The maximum Gasteiger partial charge on any atom is 0.255 e. The van der Waals surface area contributed by atoms with Gasteiger partial charge in [0.25, 0.3) is 5.91 Å². The van der Waals surface area contributed by atoms with Gasteiger partial charge in [0.15, 0.2) is 0 Å². The number of carbonyl (C=O) groups is 1. The van der Waals surface area contributed by atoms with Gasteiger partial charge in [-0.2, -0.15) is 0 Å². The van der Waals surface area contributed by atoms with Crippen molar-refractivity contribution in [2.75, 3.05) is 33.0 Å². The van der Waals surface area contributed by atoms with Crippen molar-refractivity contribution in [2.24, 2.45) is 0 Å². The number of rotatable bonds is 5. The number of methoxy groups -OCH3 is 1. The molecule has 0 aliphatic carbocycles. The fraction of sp³-hybridized carbons (Fsp3) is 0.462. The Bertz CT molecular complexity index is 421. The molecule has 0 bridgehead atoms. The van der Waals surface area contributed by atoms with Crippen LogP contribution in [-0.2, 0) is 4.74 Å². The number of carbonyl (C=O) groups excluding carboxylic acids is 1. The molecule has 100 valence electrons. The van der Waals surface area contributed by atoms with Gasteiger partial charge in [0.05, 0.1) is 18.3 Å². The van der Waals surface area contributed by atoms with E-state index in [2.05, 4.69) is 0 Å². The van der Waals surface area contributed by atoms with Gasteiger partial charge < -0.3 is 20.5 Å². The van der Waals surface area contributed by atoms with E-state index in [4.69, 9.17) is 10.5 Å².